The molecule has 1 aromatic heterocycles. The summed E-state index contributed by atoms with van der Waals surface area (Å²) in [5.74, 6) is 0. The monoisotopic (exact) mass is 240 g/mol. The van der Waals surface area contributed by atoms with Gasteiger partial charge in [-0.15, -0.1) is 0 Å². The van der Waals surface area contributed by atoms with E-state index in [0.29, 0.717) is 6.29 Å². The Morgan fingerprint density at radius 1 is 1.18 bits per heavy atom. The number of hydrogen-bond acceptors (Lipinski definition) is 2. The van der Waals surface area contributed by atoms with Crippen LogP contribution in [0.1, 0.15) is 16.1 Å². The molecule has 0 amide bonds. The van der Waals surface area contributed by atoms with E-state index < -0.39 is 11.7 Å². The normalized spacial score (nSPS) is 11.5. The lowest BCUT2D eigenvalue weighted by Gasteiger charge is -2.13. The molecule has 0 saturated carbocycles. The minimum absolute atomic E-state index is 0.0710. The Labute approximate surface area is 94.5 Å². The van der Waals surface area contributed by atoms with Gasteiger partial charge in [-0.1, -0.05) is 12.1 Å². The molecule has 0 aliphatic heterocycles. The van der Waals surface area contributed by atoms with Crippen LogP contribution in [0.3, 0.4) is 0 Å². The Morgan fingerprint density at radius 3 is 2.53 bits per heavy atom. The molecule has 3 nitrogen and oxygen atoms in total. The van der Waals surface area contributed by atoms with Gasteiger partial charge in [-0.25, -0.2) is 4.68 Å². The second kappa shape index (κ2) is 4.04. The summed E-state index contributed by atoms with van der Waals surface area (Å²) in [6, 6.07) is 6.31. The minimum Gasteiger partial charge on any atom is -0.296 e. The third-order valence-electron chi connectivity index (χ3n) is 2.23. The zero-order valence-electron chi connectivity index (χ0n) is 8.48. The molecule has 17 heavy (non-hydrogen) atoms. The molecule has 0 aliphatic rings. The number of aldehydes is 1. The Morgan fingerprint density at radius 2 is 1.88 bits per heavy atom. The zero-order valence-corrected chi connectivity index (χ0v) is 8.48. The van der Waals surface area contributed by atoms with E-state index in [4.69, 9.17) is 0 Å². The maximum Gasteiger partial charge on any atom is 0.418 e. The van der Waals surface area contributed by atoms with Gasteiger partial charge in [0.25, 0.3) is 0 Å². The van der Waals surface area contributed by atoms with Gasteiger partial charge in [0.05, 0.1) is 17.4 Å². The molecule has 2 aromatic rings. The van der Waals surface area contributed by atoms with E-state index in [2.05, 4.69) is 5.10 Å². The summed E-state index contributed by atoms with van der Waals surface area (Å²) in [7, 11) is 0. The van der Waals surface area contributed by atoms with Crippen molar-refractivity contribution in [2.75, 3.05) is 0 Å². The number of carbonyl (C=O) groups excluding carboxylic acids is 1. The fourth-order valence-corrected chi connectivity index (χ4v) is 1.50. The van der Waals surface area contributed by atoms with Crippen LogP contribution < -0.4 is 0 Å². The van der Waals surface area contributed by atoms with E-state index in [1.807, 2.05) is 0 Å². The summed E-state index contributed by atoms with van der Waals surface area (Å²) in [5.41, 5.74) is -0.916. The molecule has 0 fully saturated rings. The average Bonchev–Trinajstić information content (AvgIpc) is 2.75. The number of alkyl halides is 3. The van der Waals surface area contributed by atoms with Crippen LogP contribution in [-0.2, 0) is 6.18 Å². The highest BCUT2D eigenvalue weighted by Crippen LogP contribution is 2.33. The van der Waals surface area contributed by atoms with Crippen LogP contribution in [-0.4, -0.2) is 16.1 Å². The first-order chi connectivity index (χ1) is 8.04. The number of halogens is 3. The third-order valence-corrected chi connectivity index (χ3v) is 2.23. The summed E-state index contributed by atoms with van der Waals surface area (Å²) < 4.78 is 39.2. The second-order valence-corrected chi connectivity index (χ2v) is 3.30. The van der Waals surface area contributed by atoms with Crippen molar-refractivity contribution in [1.82, 2.24) is 9.78 Å². The fourth-order valence-electron chi connectivity index (χ4n) is 1.50. The Kier molecular flexibility index (Phi) is 2.71. The lowest BCUT2D eigenvalue weighted by molar-refractivity contribution is -0.137. The summed E-state index contributed by atoms with van der Waals surface area (Å²) in [4.78, 5) is 10.7. The smallest absolute Gasteiger partial charge is 0.296 e. The molecule has 0 bridgehead atoms. The summed E-state index contributed by atoms with van der Waals surface area (Å²) in [6.45, 7) is 0. The van der Waals surface area contributed by atoms with Gasteiger partial charge in [0.2, 0.25) is 0 Å². The van der Waals surface area contributed by atoms with Crippen molar-refractivity contribution in [2.24, 2.45) is 0 Å². The summed E-state index contributed by atoms with van der Waals surface area (Å²) >= 11 is 0. The van der Waals surface area contributed by atoms with Gasteiger partial charge in [-0.05, 0) is 18.2 Å². The van der Waals surface area contributed by atoms with Crippen molar-refractivity contribution >= 4 is 6.29 Å². The Hall–Kier alpha value is -2.11. The van der Waals surface area contributed by atoms with Crippen molar-refractivity contribution in [3.63, 3.8) is 0 Å². The summed E-state index contributed by atoms with van der Waals surface area (Å²) in [5, 5.41) is 3.72. The molecule has 2 rings (SSSR count). The molecule has 88 valence electrons. The predicted molar refractivity (Wildman–Crippen MR) is 54.0 cm³/mol. The van der Waals surface area contributed by atoms with E-state index in [1.54, 1.807) is 0 Å². The lowest BCUT2D eigenvalue weighted by atomic mass is 10.1. The van der Waals surface area contributed by atoms with Gasteiger partial charge in [0.1, 0.15) is 5.69 Å². The molecule has 0 atom stereocenters. The molecule has 0 aliphatic carbocycles. The van der Waals surface area contributed by atoms with Crippen molar-refractivity contribution in [3.8, 4) is 5.69 Å². The first kappa shape index (κ1) is 11.4. The molecule has 0 spiro atoms. The highest BCUT2D eigenvalue weighted by molar-refractivity contribution is 5.73. The molecule has 6 heteroatoms. The molecule has 0 N–H and O–H groups in total. The SMILES string of the molecule is O=Cc1ccnn1-c1ccccc1C(F)(F)F. The van der Waals surface area contributed by atoms with Gasteiger partial charge in [-0.2, -0.15) is 18.3 Å². The van der Waals surface area contributed by atoms with Crippen LogP contribution in [0.5, 0.6) is 0 Å². The topological polar surface area (TPSA) is 34.9 Å². The molecule has 1 heterocycles. The van der Waals surface area contributed by atoms with Crippen LogP contribution in [0.25, 0.3) is 5.69 Å². The van der Waals surface area contributed by atoms with Crippen LogP contribution in [0.2, 0.25) is 0 Å². The van der Waals surface area contributed by atoms with Crippen molar-refractivity contribution in [1.29, 1.82) is 0 Å². The van der Waals surface area contributed by atoms with Crippen LogP contribution in [0.15, 0.2) is 36.5 Å². The average molecular weight is 240 g/mol. The minimum atomic E-state index is -4.48. The molecule has 0 saturated heterocycles. The predicted octanol–water partition coefficient (Wildman–Crippen LogP) is 2.70. The maximum absolute atomic E-state index is 12.7. The largest absolute Gasteiger partial charge is 0.418 e. The van der Waals surface area contributed by atoms with Crippen molar-refractivity contribution in [3.05, 3.63) is 47.8 Å². The number of aromatic nitrogens is 2. The number of hydrogen-bond donors (Lipinski definition) is 0. The van der Waals surface area contributed by atoms with Crippen molar-refractivity contribution < 1.29 is 18.0 Å². The molecular formula is C11H7F3N2O. The van der Waals surface area contributed by atoms with Crippen LogP contribution >= 0.6 is 0 Å². The van der Waals surface area contributed by atoms with E-state index in [9.17, 15) is 18.0 Å². The maximum atomic E-state index is 12.7. The molecule has 0 unspecified atom stereocenters. The lowest BCUT2D eigenvalue weighted by Crippen LogP contribution is -2.12. The van der Waals surface area contributed by atoms with E-state index >= 15 is 0 Å². The summed E-state index contributed by atoms with van der Waals surface area (Å²) in [6.07, 6.45) is -2.75. The number of carbonyl (C=O) groups is 1. The van der Waals surface area contributed by atoms with E-state index in [0.717, 1.165) is 10.7 Å². The third kappa shape index (κ3) is 2.06. The first-order valence-electron chi connectivity index (χ1n) is 4.70. The highest BCUT2D eigenvalue weighted by Gasteiger charge is 2.34. The molecule has 0 radical (unpaired) electrons. The van der Waals surface area contributed by atoms with Gasteiger partial charge < -0.3 is 0 Å². The van der Waals surface area contributed by atoms with Gasteiger partial charge >= 0.3 is 6.18 Å². The van der Waals surface area contributed by atoms with Gasteiger partial charge in [0.15, 0.2) is 6.29 Å². The van der Waals surface area contributed by atoms with Gasteiger partial charge in [-0.3, -0.25) is 4.79 Å². The number of benzene rings is 1. The quantitative estimate of drug-likeness (QED) is 0.756. The molecular weight excluding hydrogens is 233 g/mol. The van der Waals surface area contributed by atoms with Crippen LogP contribution in [0.4, 0.5) is 13.2 Å². The number of rotatable bonds is 2. The molecule has 1 aromatic carbocycles. The Balaban J connectivity index is 2.64. The Bertz CT molecular complexity index is 546. The number of nitrogens with zero attached hydrogens (tertiary/aromatic N) is 2. The fraction of sp³-hybridized carbons (Fsp3) is 0.0909. The first-order valence-corrected chi connectivity index (χ1v) is 4.70. The van der Waals surface area contributed by atoms with E-state index in [-0.39, 0.29) is 11.4 Å². The highest BCUT2D eigenvalue weighted by atomic mass is 19.4. The van der Waals surface area contributed by atoms with E-state index in [1.165, 1.54) is 30.5 Å². The standard InChI is InChI=1S/C11H7F3N2O/c12-11(13,14)9-3-1-2-4-10(9)16-8(7-17)5-6-15-16/h1-7H. The van der Waals surface area contributed by atoms with Crippen molar-refractivity contribution in [2.45, 2.75) is 6.18 Å². The number of para-hydroxylation sites is 1. The zero-order chi connectivity index (χ0) is 12.5. The second-order valence-electron chi connectivity index (χ2n) is 3.30. The van der Waals surface area contributed by atoms with Gasteiger partial charge in [0, 0.05) is 0 Å². The van der Waals surface area contributed by atoms with Crippen LogP contribution in [0, 0.1) is 0 Å².